The van der Waals surface area contributed by atoms with E-state index in [1.54, 1.807) is 6.07 Å². The Bertz CT molecular complexity index is 476. The van der Waals surface area contributed by atoms with Crippen molar-refractivity contribution < 1.29 is 13.9 Å². The fraction of sp³-hybridized carbons (Fsp3) is 0.400. The van der Waals surface area contributed by atoms with Crippen LogP contribution >= 0.6 is 11.6 Å². The van der Waals surface area contributed by atoms with Gasteiger partial charge in [0.25, 0.3) is 0 Å². The zero-order valence-electron chi connectivity index (χ0n) is 8.17. The van der Waals surface area contributed by atoms with Crippen molar-refractivity contribution in [3.05, 3.63) is 22.8 Å². The predicted molar refractivity (Wildman–Crippen MR) is 55.2 cm³/mol. The molecular formula is C10H8ClFN2O2. The molecule has 1 aromatic heterocycles. The number of pyridine rings is 1. The van der Waals surface area contributed by atoms with Crippen LogP contribution in [-0.2, 0) is 4.74 Å². The first-order valence-corrected chi connectivity index (χ1v) is 5.29. The number of carbonyl (C=O) groups excluding carboxylic acids is 1. The van der Waals surface area contributed by atoms with E-state index in [2.05, 4.69) is 10.3 Å². The van der Waals surface area contributed by atoms with Crippen molar-refractivity contribution in [1.82, 2.24) is 4.98 Å². The van der Waals surface area contributed by atoms with Gasteiger partial charge in [0, 0.05) is 6.20 Å². The molecule has 1 aliphatic heterocycles. The summed E-state index contributed by atoms with van der Waals surface area (Å²) in [5, 5.41) is 2.77. The molecule has 1 amide bonds. The zero-order valence-corrected chi connectivity index (χ0v) is 8.92. The van der Waals surface area contributed by atoms with Crippen LogP contribution in [0.25, 0.3) is 0 Å². The van der Waals surface area contributed by atoms with Gasteiger partial charge in [-0.1, -0.05) is 11.6 Å². The van der Waals surface area contributed by atoms with Crippen molar-refractivity contribution in [2.45, 2.75) is 24.6 Å². The molecule has 1 N–H and O–H groups in total. The van der Waals surface area contributed by atoms with Crippen LogP contribution < -0.4 is 5.32 Å². The lowest BCUT2D eigenvalue weighted by Gasteiger charge is -2.28. The number of fused-ring (bicyclic) bond motifs is 1. The van der Waals surface area contributed by atoms with Crippen LogP contribution in [0.1, 0.15) is 24.5 Å². The van der Waals surface area contributed by atoms with Gasteiger partial charge >= 0.3 is 6.09 Å². The summed E-state index contributed by atoms with van der Waals surface area (Å²) in [7, 11) is 0. The molecule has 2 aliphatic rings. The highest BCUT2D eigenvalue weighted by atomic mass is 35.5. The predicted octanol–water partition coefficient (Wildman–Crippen LogP) is 2.84. The lowest BCUT2D eigenvalue weighted by molar-refractivity contribution is 0.0351. The number of halogens is 2. The van der Waals surface area contributed by atoms with E-state index in [9.17, 15) is 9.18 Å². The number of nitrogens with zero attached hydrogens (tertiary/aromatic N) is 1. The van der Waals surface area contributed by atoms with Crippen LogP contribution in [0.5, 0.6) is 0 Å². The molecular weight excluding hydrogens is 235 g/mol. The first-order chi connectivity index (χ1) is 7.60. The van der Waals surface area contributed by atoms with Crippen molar-refractivity contribution in [1.29, 1.82) is 0 Å². The minimum absolute atomic E-state index is 0.290. The van der Waals surface area contributed by atoms with Crippen LogP contribution in [0.4, 0.5) is 15.0 Å². The van der Waals surface area contributed by atoms with Gasteiger partial charge in [0.15, 0.2) is 11.8 Å². The van der Waals surface area contributed by atoms with Crippen molar-refractivity contribution in [3.63, 3.8) is 0 Å². The molecule has 0 spiro atoms. The molecule has 1 atom stereocenters. The number of amides is 1. The Morgan fingerprint density at radius 1 is 1.62 bits per heavy atom. The van der Waals surface area contributed by atoms with Crippen molar-refractivity contribution in [2.24, 2.45) is 0 Å². The van der Waals surface area contributed by atoms with Crippen molar-refractivity contribution in [2.75, 3.05) is 5.32 Å². The fourth-order valence-corrected chi connectivity index (χ4v) is 2.08. The number of alkyl halides is 1. The minimum Gasteiger partial charge on any atom is -0.437 e. The Labute approximate surface area is 95.8 Å². The summed E-state index contributed by atoms with van der Waals surface area (Å²) in [5.41, 5.74) is -1.04. The number of cyclic esters (lactones) is 1. The summed E-state index contributed by atoms with van der Waals surface area (Å²) in [5.74, 6) is 0.290. The van der Waals surface area contributed by atoms with E-state index < -0.39 is 17.9 Å². The summed E-state index contributed by atoms with van der Waals surface area (Å²) in [6.07, 6.45) is 0.612. The van der Waals surface area contributed by atoms with E-state index >= 15 is 0 Å². The molecule has 0 saturated heterocycles. The smallest absolute Gasteiger partial charge is 0.413 e. The molecule has 6 heteroatoms. The number of ether oxygens (including phenoxy) is 1. The molecule has 0 aromatic carbocycles. The van der Waals surface area contributed by atoms with E-state index in [0.717, 1.165) is 0 Å². The van der Waals surface area contributed by atoms with Gasteiger partial charge in [-0.05, 0) is 18.9 Å². The van der Waals surface area contributed by atoms with Crippen LogP contribution in [0.2, 0.25) is 5.02 Å². The minimum atomic E-state index is -1.47. The maximum absolute atomic E-state index is 14.0. The van der Waals surface area contributed by atoms with Crippen molar-refractivity contribution >= 4 is 23.5 Å². The summed E-state index contributed by atoms with van der Waals surface area (Å²) in [4.78, 5) is 15.2. The highest BCUT2D eigenvalue weighted by Gasteiger charge is 2.56. The van der Waals surface area contributed by atoms with E-state index in [-0.39, 0.29) is 5.82 Å². The second-order valence-corrected chi connectivity index (χ2v) is 4.41. The Balaban J connectivity index is 2.13. The molecule has 1 aromatic rings. The second-order valence-electron chi connectivity index (χ2n) is 4.00. The number of nitrogens with one attached hydrogen (secondary N) is 1. The topological polar surface area (TPSA) is 51.2 Å². The van der Waals surface area contributed by atoms with Crippen LogP contribution in [-0.4, -0.2) is 16.7 Å². The maximum Gasteiger partial charge on any atom is 0.413 e. The molecule has 0 bridgehead atoms. The fourth-order valence-electron chi connectivity index (χ4n) is 1.84. The highest BCUT2D eigenvalue weighted by molar-refractivity contribution is 6.31. The molecule has 0 radical (unpaired) electrons. The average Bonchev–Trinajstić information content (AvgIpc) is 2.96. The quantitative estimate of drug-likeness (QED) is 0.824. The standard InChI is InChI=1S/C10H8ClFN2O2/c11-5-1-4-13-8-6(5)7(10(12)2-3-10)16-9(15)14-8/h1,4,7H,2-3H2,(H,13,14,15). The molecule has 16 heavy (non-hydrogen) atoms. The number of aromatic nitrogens is 1. The van der Waals surface area contributed by atoms with Gasteiger partial charge in [0.2, 0.25) is 0 Å². The molecule has 84 valence electrons. The van der Waals surface area contributed by atoms with Gasteiger partial charge in [-0.3, -0.25) is 5.32 Å². The SMILES string of the molecule is O=C1Nc2nccc(Cl)c2C(C2(F)CC2)O1. The molecule has 1 saturated carbocycles. The summed E-state index contributed by atoms with van der Waals surface area (Å²) >= 11 is 5.98. The molecule has 3 rings (SSSR count). The molecule has 1 aliphatic carbocycles. The van der Waals surface area contributed by atoms with Gasteiger partial charge in [-0.15, -0.1) is 0 Å². The Kier molecular flexibility index (Phi) is 1.89. The number of rotatable bonds is 1. The second kappa shape index (κ2) is 3.07. The Morgan fingerprint density at radius 3 is 3.06 bits per heavy atom. The number of hydrogen-bond donors (Lipinski definition) is 1. The third-order valence-electron chi connectivity index (χ3n) is 2.84. The Morgan fingerprint density at radius 2 is 2.38 bits per heavy atom. The average molecular weight is 243 g/mol. The first kappa shape index (κ1) is 9.84. The third kappa shape index (κ3) is 1.35. The van der Waals surface area contributed by atoms with Crippen LogP contribution in [0.15, 0.2) is 12.3 Å². The monoisotopic (exact) mass is 242 g/mol. The largest absolute Gasteiger partial charge is 0.437 e. The maximum atomic E-state index is 14.0. The Hall–Kier alpha value is -1.36. The van der Waals surface area contributed by atoms with Crippen LogP contribution in [0.3, 0.4) is 0 Å². The van der Waals surface area contributed by atoms with E-state index in [1.165, 1.54) is 6.20 Å². The third-order valence-corrected chi connectivity index (χ3v) is 3.17. The lowest BCUT2D eigenvalue weighted by atomic mass is 10.0. The van der Waals surface area contributed by atoms with Gasteiger partial charge in [0.05, 0.1) is 10.6 Å². The molecule has 2 heterocycles. The van der Waals surface area contributed by atoms with Gasteiger partial charge in [-0.25, -0.2) is 14.2 Å². The van der Waals surface area contributed by atoms with E-state index in [4.69, 9.17) is 16.3 Å². The number of hydrogen-bond acceptors (Lipinski definition) is 3. The highest BCUT2D eigenvalue weighted by Crippen LogP contribution is 2.54. The van der Waals surface area contributed by atoms with E-state index in [1.807, 2.05) is 0 Å². The van der Waals surface area contributed by atoms with Crippen LogP contribution in [0, 0.1) is 0 Å². The number of anilines is 1. The van der Waals surface area contributed by atoms with E-state index in [0.29, 0.717) is 23.4 Å². The normalized spacial score (nSPS) is 25.4. The zero-order chi connectivity index (χ0) is 11.3. The molecule has 4 nitrogen and oxygen atoms in total. The summed E-state index contributed by atoms with van der Waals surface area (Å²) < 4.78 is 19.0. The van der Waals surface area contributed by atoms with Gasteiger partial charge in [-0.2, -0.15) is 0 Å². The summed E-state index contributed by atoms with van der Waals surface area (Å²) in [6.45, 7) is 0. The molecule has 1 fully saturated rings. The lowest BCUT2D eigenvalue weighted by Crippen LogP contribution is -2.31. The molecule has 1 unspecified atom stereocenters. The first-order valence-electron chi connectivity index (χ1n) is 4.91. The van der Waals surface area contributed by atoms with Gasteiger partial charge < -0.3 is 4.74 Å². The summed E-state index contributed by atoms with van der Waals surface area (Å²) in [6, 6.07) is 1.56. The van der Waals surface area contributed by atoms with Gasteiger partial charge in [0.1, 0.15) is 5.82 Å². The van der Waals surface area contributed by atoms with Crippen molar-refractivity contribution in [3.8, 4) is 0 Å². The number of carbonyl (C=O) groups is 1.